The Labute approximate surface area is 208 Å². The molecule has 1 aromatic rings. The Morgan fingerprint density at radius 1 is 0.576 bits per heavy atom. The SMILES string of the molecule is CCCCCCCCCCCCCC(CCCCCCCCCCC)c1nccn1C(C)C. The Morgan fingerprint density at radius 3 is 1.30 bits per heavy atom. The van der Waals surface area contributed by atoms with Crippen LogP contribution in [-0.2, 0) is 0 Å². The van der Waals surface area contributed by atoms with Gasteiger partial charge in [0.25, 0.3) is 0 Å². The van der Waals surface area contributed by atoms with Crippen LogP contribution >= 0.6 is 0 Å². The summed E-state index contributed by atoms with van der Waals surface area (Å²) in [4.78, 5) is 4.83. The Morgan fingerprint density at radius 2 is 0.939 bits per heavy atom. The first-order valence-electron chi connectivity index (χ1n) is 15.2. The van der Waals surface area contributed by atoms with Crippen molar-refractivity contribution < 1.29 is 0 Å². The van der Waals surface area contributed by atoms with Crippen molar-refractivity contribution in [3.05, 3.63) is 18.2 Å². The van der Waals surface area contributed by atoms with Crippen molar-refractivity contribution in [1.29, 1.82) is 0 Å². The Kier molecular flexibility index (Phi) is 19.9. The minimum atomic E-state index is 0.519. The quantitative estimate of drug-likeness (QED) is 0.140. The van der Waals surface area contributed by atoms with Crippen LogP contribution in [0.1, 0.15) is 187 Å². The molecule has 0 aliphatic heterocycles. The fourth-order valence-electron chi connectivity index (χ4n) is 5.24. The maximum atomic E-state index is 4.83. The molecule has 1 unspecified atom stereocenters. The van der Waals surface area contributed by atoms with Gasteiger partial charge in [-0.15, -0.1) is 0 Å². The molecule has 1 atom stereocenters. The summed E-state index contributed by atoms with van der Waals surface area (Å²) in [7, 11) is 0. The summed E-state index contributed by atoms with van der Waals surface area (Å²) >= 11 is 0. The van der Waals surface area contributed by atoms with Crippen molar-refractivity contribution in [2.75, 3.05) is 0 Å². The standard InChI is InChI=1S/C31H60N2/c1-5-7-9-11-13-15-16-18-20-22-24-26-30(31-32-27-28-33(31)29(3)4)25-23-21-19-17-14-12-10-8-6-2/h27-30H,5-26H2,1-4H3. The van der Waals surface area contributed by atoms with Gasteiger partial charge in [-0.05, 0) is 26.7 Å². The molecule has 0 aromatic carbocycles. The van der Waals surface area contributed by atoms with E-state index in [0.29, 0.717) is 12.0 Å². The second-order valence-electron chi connectivity index (χ2n) is 10.9. The third kappa shape index (κ3) is 15.7. The number of imidazole rings is 1. The van der Waals surface area contributed by atoms with Crippen LogP contribution in [0.5, 0.6) is 0 Å². The fraction of sp³-hybridized carbons (Fsp3) is 0.903. The monoisotopic (exact) mass is 460 g/mol. The zero-order valence-corrected chi connectivity index (χ0v) is 23.3. The molecule has 1 rings (SSSR count). The smallest absolute Gasteiger partial charge is 0.111 e. The fourth-order valence-corrected chi connectivity index (χ4v) is 5.24. The van der Waals surface area contributed by atoms with E-state index in [4.69, 9.17) is 4.98 Å². The van der Waals surface area contributed by atoms with Crippen LogP contribution in [0.4, 0.5) is 0 Å². The maximum absolute atomic E-state index is 4.83. The highest BCUT2D eigenvalue weighted by atomic mass is 15.1. The first-order chi connectivity index (χ1) is 16.2. The minimum absolute atomic E-state index is 0.519. The molecule has 0 radical (unpaired) electrons. The van der Waals surface area contributed by atoms with Crippen LogP contribution < -0.4 is 0 Å². The van der Waals surface area contributed by atoms with Gasteiger partial charge >= 0.3 is 0 Å². The zero-order valence-electron chi connectivity index (χ0n) is 23.3. The summed E-state index contributed by atoms with van der Waals surface area (Å²) in [6.07, 6.45) is 35.3. The van der Waals surface area contributed by atoms with Gasteiger partial charge in [-0.25, -0.2) is 4.98 Å². The van der Waals surface area contributed by atoms with Crippen LogP contribution in [0.25, 0.3) is 0 Å². The van der Waals surface area contributed by atoms with Crippen molar-refractivity contribution in [3.63, 3.8) is 0 Å². The van der Waals surface area contributed by atoms with E-state index in [2.05, 4.69) is 38.5 Å². The molecule has 1 heterocycles. The van der Waals surface area contributed by atoms with Gasteiger partial charge in [0, 0.05) is 24.4 Å². The average Bonchev–Trinajstić information content (AvgIpc) is 3.30. The maximum Gasteiger partial charge on any atom is 0.111 e. The summed E-state index contributed by atoms with van der Waals surface area (Å²) in [5.41, 5.74) is 0. The topological polar surface area (TPSA) is 17.8 Å². The number of unbranched alkanes of at least 4 members (excludes halogenated alkanes) is 18. The second-order valence-corrected chi connectivity index (χ2v) is 10.9. The van der Waals surface area contributed by atoms with Gasteiger partial charge < -0.3 is 4.57 Å². The molecule has 0 amide bonds. The van der Waals surface area contributed by atoms with Crippen molar-refractivity contribution in [2.24, 2.45) is 0 Å². The average molecular weight is 461 g/mol. The molecule has 1 aromatic heterocycles. The highest BCUT2D eigenvalue weighted by Crippen LogP contribution is 2.29. The lowest BCUT2D eigenvalue weighted by Gasteiger charge is -2.20. The molecule has 0 aliphatic rings. The van der Waals surface area contributed by atoms with Gasteiger partial charge in [-0.1, -0.05) is 142 Å². The predicted octanol–water partition coefficient (Wildman–Crippen LogP) is 11.2. The molecular weight excluding hydrogens is 400 g/mol. The van der Waals surface area contributed by atoms with Crippen molar-refractivity contribution in [3.8, 4) is 0 Å². The highest BCUT2D eigenvalue weighted by Gasteiger charge is 2.18. The van der Waals surface area contributed by atoms with E-state index in [1.165, 1.54) is 147 Å². The number of nitrogens with zero attached hydrogens (tertiary/aromatic N) is 2. The lowest BCUT2D eigenvalue weighted by Crippen LogP contribution is -2.11. The van der Waals surface area contributed by atoms with E-state index in [-0.39, 0.29) is 0 Å². The van der Waals surface area contributed by atoms with Gasteiger partial charge in [0.1, 0.15) is 5.82 Å². The third-order valence-electron chi connectivity index (χ3n) is 7.43. The van der Waals surface area contributed by atoms with Gasteiger partial charge in [0.05, 0.1) is 0 Å². The van der Waals surface area contributed by atoms with E-state index >= 15 is 0 Å². The first kappa shape index (κ1) is 30.2. The van der Waals surface area contributed by atoms with E-state index in [0.717, 1.165) is 0 Å². The van der Waals surface area contributed by atoms with Crippen LogP contribution in [0.15, 0.2) is 12.4 Å². The molecule has 2 heteroatoms. The van der Waals surface area contributed by atoms with Crippen LogP contribution in [0, 0.1) is 0 Å². The van der Waals surface area contributed by atoms with Gasteiger partial charge in [-0.2, -0.15) is 0 Å². The number of aromatic nitrogens is 2. The normalized spacial score (nSPS) is 12.6. The molecule has 0 spiro atoms. The largest absolute Gasteiger partial charge is 0.332 e. The zero-order chi connectivity index (χ0) is 24.0. The van der Waals surface area contributed by atoms with Gasteiger partial charge in [0.2, 0.25) is 0 Å². The summed E-state index contributed by atoms with van der Waals surface area (Å²) in [5.74, 6) is 2.02. The first-order valence-corrected chi connectivity index (χ1v) is 15.2. The van der Waals surface area contributed by atoms with Gasteiger partial charge in [0.15, 0.2) is 0 Å². The minimum Gasteiger partial charge on any atom is -0.332 e. The molecular formula is C31H60N2. The molecule has 194 valence electrons. The van der Waals surface area contributed by atoms with Crippen molar-refractivity contribution in [1.82, 2.24) is 9.55 Å². The summed E-state index contributed by atoms with van der Waals surface area (Å²) < 4.78 is 2.43. The van der Waals surface area contributed by atoms with E-state index in [1.54, 1.807) is 0 Å². The molecule has 0 N–H and O–H groups in total. The number of hydrogen-bond donors (Lipinski definition) is 0. The van der Waals surface area contributed by atoms with Crippen molar-refractivity contribution in [2.45, 2.75) is 181 Å². The Bertz CT molecular complexity index is 519. The molecule has 2 nitrogen and oxygen atoms in total. The summed E-state index contributed by atoms with van der Waals surface area (Å²) in [6.45, 7) is 9.20. The van der Waals surface area contributed by atoms with Crippen LogP contribution in [-0.4, -0.2) is 9.55 Å². The Hall–Kier alpha value is -0.790. The molecule has 0 fully saturated rings. The van der Waals surface area contributed by atoms with E-state index < -0.39 is 0 Å². The van der Waals surface area contributed by atoms with Crippen LogP contribution in [0.3, 0.4) is 0 Å². The third-order valence-corrected chi connectivity index (χ3v) is 7.43. The number of hydrogen-bond acceptors (Lipinski definition) is 1. The van der Waals surface area contributed by atoms with Crippen molar-refractivity contribution >= 4 is 0 Å². The number of rotatable bonds is 24. The predicted molar refractivity (Wildman–Crippen MR) is 148 cm³/mol. The van der Waals surface area contributed by atoms with E-state index in [9.17, 15) is 0 Å². The highest BCUT2D eigenvalue weighted by molar-refractivity contribution is 5.02. The Balaban J connectivity index is 2.24. The van der Waals surface area contributed by atoms with E-state index in [1.807, 2.05) is 6.20 Å². The van der Waals surface area contributed by atoms with Gasteiger partial charge in [-0.3, -0.25) is 0 Å². The molecule has 0 aliphatic carbocycles. The van der Waals surface area contributed by atoms with Crippen LogP contribution in [0.2, 0.25) is 0 Å². The second kappa shape index (κ2) is 21.7. The summed E-state index contributed by atoms with van der Waals surface area (Å²) in [5, 5.41) is 0. The molecule has 0 bridgehead atoms. The molecule has 0 saturated heterocycles. The molecule has 0 saturated carbocycles. The lowest BCUT2D eigenvalue weighted by molar-refractivity contribution is 0.441. The summed E-state index contributed by atoms with van der Waals surface area (Å²) in [6, 6.07) is 0.519. The molecule has 33 heavy (non-hydrogen) atoms. The lowest BCUT2D eigenvalue weighted by atomic mass is 9.93.